The van der Waals surface area contributed by atoms with Crippen molar-refractivity contribution in [3.05, 3.63) is 96.1 Å². The summed E-state index contributed by atoms with van der Waals surface area (Å²) in [7, 11) is -2.48. The Morgan fingerprint density at radius 2 is 1.16 bits per heavy atom. The molecular formula is C27H22OSSi2. The molecule has 2 aliphatic rings. The van der Waals surface area contributed by atoms with Crippen LogP contribution >= 0.6 is 11.8 Å². The Balaban J connectivity index is 1.43. The average molecular weight is 451 g/mol. The van der Waals surface area contributed by atoms with E-state index in [0.29, 0.717) is 0 Å². The highest BCUT2D eigenvalue weighted by Crippen LogP contribution is 2.33. The molecule has 0 bridgehead atoms. The van der Waals surface area contributed by atoms with Gasteiger partial charge >= 0.3 is 0 Å². The lowest BCUT2D eigenvalue weighted by molar-refractivity contribution is 0.104. The molecule has 2 heterocycles. The van der Waals surface area contributed by atoms with Gasteiger partial charge in [0.25, 0.3) is 0 Å². The molecule has 0 fully saturated rings. The highest BCUT2D eigenvalue weighted by atomic mass is 32.2. The van der Waals surface area contributed by atoms with Gasteiger partial charge in [-0.15, -0.1) is 0 Å². The Labute approximate surface area is 190 Å². The number of ketones is 1. The molecule has 150 valence electrons. The van der Waals surface area contributed by atoms with E-state index >= 15 is 0 Å². The zero-order valence-electron chi connectivity index (χ0n) is 17.6. The highest BCUT2D eigenvalue weighted by Gasteiger charge is 2.29. The van der Waals surface area contributed by atoms with Crippen LogP contribution < -0.4 is 20.7 Å². The zero-order valence-corrected chi connectivity index (χ0v) is 20.7. The van der Waals surface area contributed by atoms with Crippen LogP contribution in [0.5, 0.6) is 0 Å². The van der Waals surface area contributed by atoms with E-state index in [1.165, 1.54) is 30.9 Å². The van der Waals surface area contributed by atoms with Crippen molar-refractivity contribution in [3.8, 4) is 11.1 Å². The van der Waals surface area contributed by atoms with Crippen molar-refractivity contribution in [1.29, 1.82) is 0 Å². The van der Waals surface area contributed by atoms with Crippen molar-refractivity contribution in [3.63, 3.8) is 0 Å². The predicted molar refractivity (Wildman–Crippen MR) is 137 cm³/mol. The van der Waals surface area contributed by atoms with Gasteiger partial charge in [0, 0.05) is 20.9 Å². The first kappa shape index (κ1) is 19.1. The molecule has 2 aliphatic heterocycles. The fourth-order valence-electron chi connectivity index (χ4n) is 5.08. The van der Waals surface area contributed by atoms with Crippen molar-refractivity contribution >= 4 is 55.9 Å². The Bertz CT molecular complexity index is 1380. The van der Waals surface area contributed by atoms with Gasteiger partial charge in [0.05, 0.1) is 0 Å². The summed E-state index contributed by atoms with van der Waals surface area (Å²) in [5.74, 6) is 0.181. The third kappa shape index (κ3) is 2.93. The standard InChI is InChI=1S/C27H22OSSi2/c1-30-23-9-5-3-7-19(23)27(28)20-15-17(11-13-24(20)30)18-12-14-26-22(16-18)29-21-8-4-6-10-25(21)31(26)2/h3-16,30-31H,1-2H3/t30-,31+/m0/s1. The molecule has 31 heavy (non-hydrogen) atoms. The Kier molecular flexibility index (Phi) is 4.42. The van der Waals surface area contributed by atoms with Crippen LogP contribution in [0.3, 0.4) is 0 Å². The van der Waals surface area contributed by atoms with E-state index in [2.05, 4.69) is 85.9 Å². The second-order valence-electron chi connectivity index (χ2n) is 8.55. The number of carbonyl (C=O) groups excluding carboxylic acids is 1. The van der Waals surface area contributed by atoms with Crippen molar-refractivity contribution < 1.29 is 4.79 Å². The highest BCUT2D eigenvalue weighted by molar-refractivity contribution is 8.00. The summed E-state index contributed by atoms with van der Waals surface area (Å²) in [4.78, 5) is 16.1. The van der Waals surface area contributed by atoms with Gasteiger partial charge in [-0.25, -0.2) is 0 Å². The summed E-state index contributed by atoms with van der Waals surface area (Å²) in [6.45, 7) is 4.76. The lowest BCUT2D eigenvalue weighted by Crippen LogP contribution is -2.49. The van der Waals surface area contributed by atoms with Crippen LogP contribution in [0.1, 0.15) is 15.9 Å². The molecular weight excluding hydrogens is 429 g/mol. The second kappa shape index (κ2) is 7.19. The molecule has 0 saturated heterocycles. The van der Waals surface area contributed by atoms with E-state index in [1.54, 1.807) is 5.19 Å². The topological polar surface area (TPSA) is 17.1 Å². The summed E-state index contributed by atoms with van der Waals surface area (Å²) in [5.41, 5.74) is 4.16. The van der Waals surface area contributed by atoms with E-state index in [-0.39, 0.29) is 5.78 Å². The third-order valence-electron chi connectivity index (χ3n) is 6.86. The maximum Gasteiger partial charge on any atom is 0.192 e. The molecule has 6 rings (SSSR count). The number of hydrogen-bond acceptors (Lipinski definition) is 2. The van der Waals surface area contributed by atoms with E-state index in [9.17, 15) is 4.79 Å². The van der Waals surface area contributed by atoms with Crippen molar-refractivity contribution in [1.82, 2.24) is 0 Å². The molecule has 0 N–H and O–H groups in total. The molecule has 0 spiro atoms. The zero-order chi connectivity index (χ0) is 21.1. The summed E-state index contributed by atoms with van der Waals surface area (Å²) in [5, 5.41) is 5.62. The normalized spacial score (nSPS) is 18.6. The first-order valence-electron chi connectivity index (χ1n) is 10.8. The number of carbonyl (C=O) groups is 1. The van der Waals surface area contributed by atoms with Crippen molar-refractivity contribution in [2.24, 2.45) is 0 Å². The van der Waals surface area contributed by atoms with Crippen LogP contribution in [0.2, 0.25) is 13.1 Å². The number of benzene rings is 4. The van der Waals surface area contributed by atoms with Crippen LogP contribution in [-0.2, 0) is 0 Å². The van der Waals surface area contributed by atoms with Gasteiger partial charge in [-0.2, -0.15) is 0 Å². The lowest BCUT2D eigenvalue weighted by Gasteiger charge is -2.26. The molecule has 0 aromatic heterocycles. The van der Waals surface area contributed by atoms with E-state index in [1.807, 2.05) is 23.9 Å². The van der Waals surface area contributed by atoms with E-state index in [0.717, 1.165) is 16.7 Å². The molecule has 2 atom stereocenters. The van der Waals surface area contributed by atoms with Gasteiger partial charge in [-0.3, -0.25) is 4.79 Å². The quantitative estimate of drug-likeness (QED) is 0.414. The summed E-state index contributed by atoms with van der Waals surface area (Å²) < 4.78 is 0. The minimum Gasteiger partial charge on any atom is -0.289 e. The average Bonchev–Trinajstić information content (AvgIpc) is 2.82. The Morgan fingerprint density at radius 1 is 0.581 bits per heavy atom. The smallest absolute Gasteiger partial charge is 0.192 e. The van der Waals surface area contributed by atoms with Crippen molar-refractivity contribution in [2.45, 2.75) is 22.9 Å². The fourth-order valence-corrected chi connectivity index (χ4v) is 12.1. The SMILES string of the molecule is C[Si@@H]1c2ccccc2Sc2cc(-c3ccc4c(c3)C(=O)c3ccccc3[Si@@H]4C)ccc21. The number of hydrogen-bond donors (Lipinski definition) is 0. The first-order valence-corrected chi connectivity index (χ1v) is 16.2. The largest absolute Gasteiger partial charge is 0.289 e. The Morgan fingerprint density at radius 3 is 2.00 bits per heavy atom. The van der Waals surface area contributed by atoms with Crippen LogP contribution in [0.4, 0.5) is 0 Å². The van der Waals surface area contributed by atoms with Gasteiger partial charge in [0.1, 0.15) is 17.6 Å². The molecule has 0 amide bonds. The van der Waals surface area contributed by atoms with Crippen molar-refractivity contribution in [2.75, 3.05) is 0 Å². The molecule has 4 aromatic carbocycles. The van der Waals surface area contributed by atoms with Gasteiger partial charge in [0.15, 0.2) is 5.78 Å². The van der Waals surface area contributed by atoms with Gasteiger partial charge in [-0.1, -0.05) is 91.6 Å². The monoisotopic (exact) mass is 450 g/mol. The summed E-state index contributed by atoms with van der Waals surface area (Å²) >= 11 is 1.89. The van der Waals surface area contributed by atoms with Gasteiger partial charge in [0.2, 0.25) is 0 Å². The van der Waals surface area contributed by atoms with E-state index < -0.39 is 17.6 Å². The molecule has 0 unspecified atom stereocenters. The summed E-state index contributed by atoms with van der Waals surface area (Å²) in [6.07, 6.45) is 0. The van der Waals surface area contributed by atoms with E-state index in [4.69, 9.17) is 0 Å². The maximum atomic E-state index is 13.3. The van der Waals surface area contributed by atoms with Crippen LogP contribution in [0.25, 0.3) is 11.1 Å². The van der Waals surface area contributed by atoms with Gasteiger partial charge < -0.3 is 0 Å². The van der Waals surface area contributed by atoms with Gasteiger partial charge in [-0.05, 0) is 50.1 Å². The fraction of sp³-hybridized carbons (Fsp3) is 0.0741. The lowest BCUT2D eigenvalue weighted by atomic mass is 9.97. The molecule has 0 saturated carbocycles. The van der Waals surface area contributed by atoms with Crippen LogP contribution in [-0.4, -0.2) is 23.4 Å². The predicted octanol–water partition coefficient (Wildman–Crippen LogP) is 3.30. The minimum absolute atomic E-state index is 0.181. The first-order chi connectivity index (χ1) is 15.1. The molecule has 4 heteroatoms. The van der Waals surface area contributed by atoms with Crippen LogP contribution in [0.15, 0.2) is 94.7 Å². The summed E-state index contributed by atoms with van der Waals surface area (Å²) in [6, 6.07) is 30.5. The molecule has 0 aliphatic carbocycles. The molecule has 1 nitrogen and oxygen atoms in total. The minimum atomic E-state index is -1.33. The second-order valence-corrected chi connectivity index (χ2v) is 15.0. The number of fused-ring (bicyclic) bond motifs is 4. The molecule has 0 radical (unpaired) electrons. The number of rotatable bonds is 1. The Hall–Kier alpha value is -2.67. The third-order valence-corrected chi connectivity index (χ3v) is 14.2. The molecule has 4 aromatic rings. The van der Waals surface area contributed by atoms with Crippen LogP contribution in [0, 0.1) is 0 Å². The maximum absolute atomic E-state index is 13.3.